The molecule has 3 rings (SSSR count). The highest BCUT2D eigenvalue weighted by molar-refractivity contribution is 6.13. The van der Waals surface area contributed by atoms with Crippen LogP contribution in [0.2, 0.25) is 0 Å². The number of carbonyl (C=O) groups excluding carboxylic acids is 1. The maximum atomic E-state index is 13.3. The first-order valence-corrected chi connectivity index (χ1v) is 8.84. The van der Waals surface area contributed by atoms with Crippen molar-refractivity contribution in [2.75, 3.05) is 7.11 Å². The van der Waals surface area contributed by atoms with E-state index in [1.807, 2.05) is 0 Å². The minimum Gasteiger partial charge on any atom is -0.493 e. The number of hydrogen-bond donors (Lipinski definition) is 2. The van der Waals surface area contributed by atoms with Crippen LogP contribution in [0.3, 0.4) is 0 Å². The van der Waals surface area contributed by atoms with Gasteiger partial charge < -0.3 is 20.5 Å². The molecule has 170 valence electrons. The molecule has 0 unspecified atom stereocenters. The quantitative estimate of drug-likeness (QED) is 0.633. The topological polar surface area (TPSA) is 85.9 Å². The van der Waals surface area contributed by atoms with Gasteiger partial charge >= 0.3 is 18.4 Å². The molecule has 0 saturated carbocycles. The van der Waals surface area contributed by atoms with Gasteiger partial charge in [-0.3, -0.25) is 0 Å². The number of amidine groups is 1. The molecule has 6 nitrogen and oxygen atoms in total. The van der Waals surface area contributed by atoms with E-state index in [2.05, 4.69) is 10.3 Å². The summed E-state index contributed by atoms with van der Waals surface area (Å²) in [6, 6.07) is 5.08. The number of urea groups is 1. The van der Waals surface area contributed by atoms with Crippen molar-refractivity contribution in [1.82, 2.24) is 5.32 Å². The van der Waals surface area contributed by atoms with Crippen molar-refractivity contribution < 1.29 is 40.6 Å². The van der Waals surface area contributed by atoms with Crippen molar-refractivity contribution >= 4 is 17.9 Å². The predicted molar refractivity (Wildman–Crippen MR) is 102 cm³/mol. The summed E-state index contributed by atoms with van der Waals surface area (Å²) in [5, 5.41) is 2.42. The summed E-state index contributed by atoms with van der Waals surface area (Å²) in [4.78, 5) is 14.7. The lowest BCUT2D eigenvalue weighted by Gasteiger charge is -2.17. The zero-order valence-corrected chi connectivity index (χ0v) is 16.3. The smallest absolute Gasteiger partial charge is 0.416 e. The van der Waals surface area contributed by atoms with Gasteiger partial charge in [0, 0.05) is 5.56 Å². The van der Waals surface area contributed by atoms with Gasteiger partial charge in [-0.2, -0.15) is 31.3 Å². The number of nitrogens with two attached hydrogens (primary N) is 1. The van der Waals surface area contributed by atoms with Gasteiger partial charge in [0.1, 0.15) is 6.61 Å². The predicted octanol–water partition coefficient (Wildman–Crippen LogP) is 4.73. The minimum absolute atomic E-state index is 0.0173. The summed E-state index contributed by atoms with van der Waals surface area (Å²) in [6.07, 6.45) is -8.43. The lowest BCUT2D eigenvalue weighted by Crippen LogP contribution is -2.19. The van der Waals surface area contributed by atoms with Crippen molar-refractivity contribution in [2.24, 2.45) is 10.7 Å². The van der Waals surface area contributed by atoms with Crippen molar-refractivity contribution in [3.05, 3.63) is 64.3 Å². The highest BCUT2D eigenvalue weighted by Gasteiger charge is 2.38. The van der Waals surface area contributed by atoms with E-state index in [9.17, 15) is 31.1 Å². The number of hydrogen-bond acceptors (Lipinski definition) is 4. The Morgan fingerprint density at radius 3 is 2.31 bits per heavy atom. The van der Waals surface area contributed by atoms with Crippen LogP contribution in [0.1, 0.15) is 22.3 Å². The van der Waals surface area contributed by atoms with Crippen molar-refractivity contribution in [3.8, 4) is 11.5 Å². The average molecular weight is 459 g/mol. The zero-order valence-electron chi connectivity index (χ0n) is 16.3. The van der Waals surface area contributed by atoms with Crippen molar-refractivity contribution in [2.45, 2.75) is 19.0 Å². The van der Waals surface area contributed by atoms with Gasteiger partial charge in [0.05, 0.1) is 23.9 Å². The summed E-state index contributed by atoms with van der Waals surface area (Å²) in [6.45, 7) is -0.653. The fourth-order valence-corrected chi connectivity index (χ4v) is 2.84. The molecule has 0 atom stereocenters. The summed E-state index contributed by atoms with van der Waals surface area (Å²) >= 11 is 0. The molecule has 3 N–H and O–H groups in total. The molecule has 2 aromatic rings. The van der Waals surface area contributed by atoms with E-state index in [4.69, 9.17) is 15.2 Å². The molecule has 1 heterocycles. The Labute approximate surface area is 177 Å². The Morgan fingerprint density at radius 1 is 1.03 bits per heavy atom. The van der Waals surface area contributed by atoms with E-state index in [1.165, 1.54) is 31.4 Å². The summed E-state index contributed by atoms with van der Waals surface area (Å²) < 4.78 is 88.9. The van der Waals surface area contributed by atoms with Crippen LogP contribution in [0, 0.1) is 0 Å². The number of benzene rings is 2. The van der Waals surface area contributed by atoms with Gasteiger partial charge in [0.25, 0.3) is 0 Å². The SMILES string of the molecule is COc1cc(C=C2NC(=O)N=C2N)ccc1OCc1ccc(C(F)(F)F)cc1C(F)(F)F. The largest absolute Gasteiger partial charge is 0.493 e. The Balaban J connectivity index is 1.85. The molecule has 0 bridgehead atoms. The molecule has 0 saturated heterocycles. The standard InChI is InChI=1S/C20H15F6N3O3/c1-31-16-7-10(6-14-17(27)29-18(30)28-14)2-5-15(16)32-9-11-3-4-12(19(21,22)23)8-13(11)20(24,25)26/h2-8H,9H2,1H3,(H3,27,28,29,30). The molecular formula is C20H15F6N3O3. The molecule has 0 spiro atoms. The molecule has 0 aliphatic carbocycles. The number of rotatable bonds is 5. The third-order valence-electron chi connectivity index (χ3n) is 4.36. The average Bonchev–Trinajstić information content (AvgIpc) is 3.01. The second-order valence-corrected chi connectivity index (χ2v) is 6.55. The number of nitrogens with one attached hydrogen (secondary N) is 1. The number of halogens is 6. The molecule has 12 heteroatoms. The number of nitrogens with zero attached hydrogens (tertiary/aromatic N) is 1. The molecule has 0 aromatic heterocycles. The number of alkyl halides is 6. The first-order chi connectivity index (χ1) is 14.9. The van der Waals surface area contributed by atoms with E-state index in [1.54, 1.807) is 0 Å². The van der Waals surface area contributed by atoms with Gasteiger partial charge in [-0.15, -0.1) is 0 Å². The van der Waals surface area contributed by atoms with Gasteiger partial charge in [-0.25, -0.2) is 4.79 Å². The highest BCUT2D eigenvalue weighted by atomic mass is 19.4. The molecule has 32 heavy (non-hydrogen) atoms. The minimum atomic E-state index is -5.01. The van der Waals surface area contributed by atoms with Crippen LogP contribution >= 0.6 is 0 Å². The normalized spacial score (nSPS) is 15.5. The second kappa shape index (κ2) is 8.44. The summed E-state index contributed by atoms with van der Waals surface area (Å²) in [7, 11) is 1.30. The molecule has 1 aliphatic rings. The maximum absolute atomic E-state index is 13.3. The van der Waals surface area contributed by atoms with Crippen LogP contribution in [0.5, 0.6) is 11.5 Å². The Morgan fingerprint density at radius 2 is 1.75 bits per heavy atom. The Hall–Kier alpha value is -3.70. The second-order valence-electron chi connectivity index (χ2n) is 6.55. The van der Waals surface area contributed by atoms with Crippen LogP contribution in [-0.2, 0) is 19.0 Å². The summed E-state index contributed by atoms with van der Waals surface area (Å²) in [5.41, 5.74) is 3.03. The number of aliphatic imine (C=N–C) groups is 1. The monoisotopic (exact) mass is 459 g/mol. The Bertz CT molecular complexity index is 1110. The van der Waals surface area contributed by atoms with E-state index in [0.29, 0.717) is 11.6 Å². The number of methoxy groups -OCH3 is 1. The molecule has 0 fully saturated rings. The van der Waals surface area contributed by atoms with E-state index < -0.39 is 41.7 Å². The van der Waals surface area contributed by atoms with Gasteiger partial charge in [0.2, 0.25) is 0 Å². The fourth-order valence-electron chi connectivity index (χ4n) is 2.84. The van der Waals surface area contributed by atoms with Crippen LogP contribution in [0.15, 0.2) is 47.1 Å². The molecule has 2 amide bonds. The van der Waals surface area contributed by atoms with E-state index in [0.717, 1.165) is 6.07 Å². The van der Waals surface area contributed by atoms with Crippen LogP contribution in [-0.4, -0.2) is 19.0 Å². The fraction of sp³-hybridized carbons (Fsp3) is 0.200. The molecule has 1 aliphatic heterocycles. The highest BCUT2D eigenvalue weighted by Crippen LogP contribution is 2.38. The first kappa shape index (κ1) is 23.0. The van der Waals surface area contributed by atoms with Crippen LogP contribution < -0.4 is 20.5 Å². The number of amides is 2. The molecule has 2 aromatic carbocycles. The van der Waals surface area contributed by atoms with Crippen molar-refractivity contribution in [3.63, 3.8) is 0 Å². The third kappa shape index (κ3) is 5.13. The summed E-state index contributed by atoms with van der Waals surface area (Å²) in [5.74, 6) is 0.177. The van der Waals surface area contributed by atoms with E-state index >= 15 is 0 Å². The third-order valence-corrected chi connectivity index (χ3v) is 4.36. The molecular weight excluding hydrogens is 444 g/mol. The lowest BCUT2D eigenvalue weighted by molar-refractivity contribution is -0.143. The van der Waals surface area contributed by atoms with Crippen molar-refractivity contribution in [1.29, 1.82) is 0 Å². The van der Waals surface area contributed by atoms with Crippen LogP contribution in [0.25, 0.3) is 6.08 Å². The zero-order chi connectivity index (χ0) is 23.7. The maximum Gasteiger partial charge on any atom is 0.416 e. The van der Waals surface area contributed by atoms with Gasteiger partial charge in [-0.1, -0.05) is 12.1 Å². The van der Waals surface area contributed by atoms with Gasteiger partial charge in [0.15, 0.2) is 17.3 Å². The molecule has 0 radical (unpaired) electrons. The number of ether oxygens (including phenoxy) is 2. The van der Waals surface area contributed by atoms with E-state index in [-0.39, 0.29) is 29.1 Å². The lowest BCUT2D eigenvalue weighted by atomic mass is 10.0. The first-order valence-electron chi connectivity index (χ1n) is 8.84. The Kier molecular flexibility index (Phi) is 6.06. The van der Waals surface area contributed by atoms with Crippen LogP contribution in [0.4, 0.5) is 31.1 Å². The van der Waals surface area contributed by atoms with Gasteiger partial charge in [-0.05, 0) is 35.9 Å². The number of carbonyl (C=O) groups is 1.